The molecule has 0 aromatic rings. The smallest absolute Gasteiger partial charge is 0.274 e. The van der Waals surface area contributed by atoms with E-state index in [-0.39, 0.29) is 0 Å². The van der Waals surface area contributed by atoms with Gasteiger partial charge in [0.1, 0.15) is 6.42 Å². The molecular formula is C4H3F3N2O. The first kappa shape index (κ1) is 8.75. The number of nitrogens with zero attached hydrogens (tertiary/aromatic N) is 1. The summed E-state index contributed by atoms with van der Waals surface area (Å²) in [6, 6.07) is 1.28. The van der Waals surface area contributed by atoms with Gasteiger partial charge >= 0.3 is 6.30 Å². The fraction of sp³-hybridized carbons (Fsp3) is 0.500. The van der Waals surface area contributed by atoms with Crippen molar-refractivity contribution in [2.45, 2.75) is 12.7 Å². The van der Waals surface area contributed by atoms with Gasteiger partial charge in [0.2, 0.25) is 5.91 Å². The lowest BCUT2D eigenvalue weighted by Gasteiger charge is -2.04. The average molecular weight is 152 g/mol. The molecule has 0 atom stereocenters. The van der Waals surface area contributed by atoms with Crippen LogP contribution < -0.4 is 5.32 Å². The number of amides is 1. The number of rotatable bonds is 1. The second-order valence-electron chi connectivity index (χ2n) is 1.38. The summed E-state index contributed by atoms with van der Waals surface area (Å²) in [7, 11) is 0. The Morgan fingerprint density at radius 3 is 2.40 bits per heavy atom. The zero-order valence-corrected chi connectivity index (χ0v) is 4.70. The SMILES string of the molecule is N#CCC(=O)NC(F)(F)F. The third-order valence-corrected chi connectivity index (χ3v) is 0.521. The zero-order chi connectivity index (χ0) is 8.20. The highest BCUT2D eigenvalue weighted by molar-refractivity contribution is 5.78. The average Bonchev–Trinajstić information content (AvgIpc) is 1.59. The summed E-state index contributed by atoms with van der Waals surface area (Å²) in [5.74, 6) is -1.34. The van der Waals surface area contributed by atoms with Crippen molar-refractivity contribution < 1.29 is 18.0 Å². The van der Waals surface area contributed by atoms with Gasteiger partial charge in [-0.1, -0.05) is 0 Å². The molecule has 0 aliphatic carbocycles. The second-order valence-corrected chi connectivity index (χ2v) is 1.38. The number of nitriles is 1. The van der Waals surface area contributed by atoms with Gasteiger partial charge in [0, 0.05) is 0 Å². The first-order valence-corrected chi connectivity index (χ1v) is 2.20. The van der Waals surface area contributed by atoms with Crippen LogP contribution in [-0.4, -0.2) is 12.2 Å². The molecule has 0 fully saturated rings. The Kier molecular flexibility index (Phi) is 2.67. The second kappa shape index (κ2) is 3.06. The molecule has 0 aliphatic rings. The molecule has 0 aromatic carbocycles. The Hall–Kier alpha value is -1.25. The van der Waals surface area contributed by atoms with Crippen molar-refractivity contribution in [1.82, 2.24) is 5.32 Å². The molecule has 0 radical (unpaired) electrons. The number of nitrogens with one attached hydrogen (secondary N) is 1. The molecule has 0 saturated heterocycles. The van der Waals surface area contributed by atoms with Gasteiger partial charge in [0.05, 0.1) is 6.07 Å². The van der Waals surface area contributed by atoms with Crippen molar-refractivity contribution in [2.75, 3.05) is 0 Å². The highest BCUT2D eigenvalue weighted by atomic mass is 19.4. The molecule has 0 unspecified atom stereocenters. The maximum atomic E-state index is 11.2. The van der Waals surface area contributed by atoms with Crippen LogP contribution in [0.3, 0.4) is 0 Å². The number of alkyl halides is 3. The highest BCUT2D eigenvalue weighted by Gasteiger charge is 2.29. The van der Waals surface area contributed by atoms with Crippen LogP contribution in [0.15, 0.2) is 0 Å². The number of carbonyl (C=O) groups is 1. The Morgan fingerprint density at radius 1 is 1.60 bits per heavy atom. The van der Waals surface area contributed by atoms with Crippen molar-refractivity contribution >= 4 is 5.91 Å². The minimum absolute atomic E-state index is 0.659. The molecular weight excluding hydrogens is 149 g/mol. The third-order valence-electron chi connectivity index (χ3n) is 0.521. The summed E-state index contributed by atoms with van der Waals surface area (Å²) in [5.41, 5.74) is 0. The van der Waals surface area contributed by atoms with Crippen molar-refractivity contribution in [2.24, 2.45) is 0 Å². The minimum Gasteiger partial charge on any atom is -0.274 e. The number of hydrogen-bond acceptors (Lipinski definition) is 2. The van der Waals surface area contributed by atoms with Crippen LogP contribution in [0.5, 0.6) is 0 Å². The van der Waals surface area contributed by atoms with Gasteiger partial charge in [-0.05, 0) is 0 Å². The molecule has 0 rings (SSSR count). The molecule has 0 bridgehead atoms. The predicted octanol–water partition coefficient (Wildman–Crippen LogP) is 0.536. The third kappa shape index (κ3) is 4.90. The quantitative estimate of drug-likeness (QED) is 0.557. The Balaban J connectivity index is 3.72. The topological polar surface area (TPSA) is 52.9 Å². The van der Waals surface area contributed by atoms with Gasteiger partial charge in [-0.2, -0.15) is 18.4 Å². The van der Waals surface area contributed by atoms with E-state index in [1.165, 1.54) is 6.07 Å². The van der Waals surface area contributed by atoms with Crippen LogP contribution in [0.4, 0.5) is 13.2 Å². The van der Waals surface area contributed by atoms with E-state index < -0.39 is 18.6 Å². The Morgan fingerprint density at radius 2 is 2.10 bits per heavy atom. The van der Waals surface area contributed by atoms with Gasteiger partial charge in [-0.3, -0.25) is 10.1 Å². The fourth-order valence-electron chi connectivity index (χ4n) is 0.274. The van der Waals surface area contributed by atoms with Crippen LogP contribution in [0, 0.1) is 11.3 Å². The van der Waals surface area contributed by atoms with Crippen molar-refractivity contribution in [3.8, 4) is 6.07 Å². The van der Waals surface area contributed by atoms with Gasteiger partial charge in [0.15, 0.2) is 0 Å². The summed E-state index contributed by atoms with van der Waals surface area (Å²) in [5, 5.41) is 8.41. The summed E-state index contributed by atoms with van der Waals surface area (Å²) in [4.78, 5) is 10.0. The lowest BCUT2D eigenvalue weighted by atomic mass is 10.4. The van der Waals surface area contributed by atoms with Gasteiger partial charge in [0.25, 0.3) is 0 Å². The van der Waals surface area contributed by atoms with Gasteiger partial charge in [-0.15, -0.1) is 0 Å². The summed E-state index contributed by atoms with van der Waals surface area (Å²) >= 11 is 0. The summed E-state index contributed by atoms with van der Waals surface area (Å²) in [6.45, 7) is 0. The van der Waals surface area contributed by atoms with Crippen molar-refractivity contribution in [3.63, 3.8) is 0 Å². The van der Waals surface area contributed by atoms with E-state index in [2.05, 4.69) is 0 Å². The van der Waals surface area contributed by atoms with E-state index in [1.807, 2.05) is 0 Å². The van der Waals surface area contributed by atoms with Crippen LogP contribution in [-0.2, 0) is 4.79 Å². The van der Waals surface area contributed by atoms with Crippen molar-refractivity contribution in [1.29, 1.82) is 5.26 Å². The minimum atomic E-state index is -4.73. The van der Waals surface area contributed by atoms with Crippen LogP contribution in [0.2, 0.25) is 0 Å². The molecule has 3 nitrogen and oxygen atoms in total. The van der Waals surface area contributed by atoms with Gasteiger partial charge in [-0.25, -0.2) is 0 Å². The maximum Gasteiger partial charge on any atom is 0.484 e. The molecule has 0 heterocycles. The van der Waals surface area contributed by atoms with E-state index >= 15 is 0 Å². The lowest BCUT2D eigenvalue weighted by Crippen LogP contribution is -2.36. The molecule has 10 heavy (non-hydrogen) atoms. The molecule has 0 aliphatic heterocycles. The maximum absolute atomic E-state index is 11.2. The Bertz CT molecular complexity index is 168. The van der Waals surface area contributed by atoms with Gasteiger partial charge < -0.3 is 0 Å². The standard InChI is InChI=1S/C4H3F3N2O/c5-4(6,7)9-3(10)1-2-8/h1H2,(H,9,10). The van der Waals surface area contributed by atoms with Crippen LogP contribution in [0.25, 0.3) is 0 Å². The normalized spacial score (nSPS) is 10.2. The fourth-order valence-corrected chi connectivity index (χ4v) is 0.274. The largest absolute Gasteiger partial charge is 0.484 e. The van der Waals surface area contributed by atoms with E-state index in [9.17, 15) is 18.0 Å². The number of carbonyl (C=O) groups excluding carboxylic acids is 1. The molecule has 0 saturated carbocycles. The van der Waals surface area contributed by atoms with E-state index in [4.69, 9.17) is 5.26 Å². The van der Waals surface area contributed by atoms with E-state index in [0.717, 1.165) is 0 Å². The lowest BCUT2D eigenvalue weighted by molar-refractivity contribution is -0.169. The van der Waals surface area contributed by atoms with Crippen LogP contribution >= 0.6 is 0 Å². The number of hydrogen-bond donors (Lipinski definition) is 1. The molecule has 1 amide bonds. The first-order chi connectivity index (χ1) is 4.45. The monoisotopic (exact) mass is 152 g/mol. The molecule has 1 N–H and O–H groups in total. The van der Waals surface area contributed by atoms with E-state index in [0.29, 0.717) is 5.32 Å². The summed E-state index contributed by atoms with van der Waals surface area (Å²) < 4.78 is 33.6. The highest BCUT2D eigenvalue weighted by Crippen LogP contribution is 2.08. The van der Waals surface area contributed by atoms with Crippen LogP contribution in [0.1, 0.15) is 6.42 Å². The first-order valence-electron chi connectivity index (χ1n) is 2.20. The molecule has 6 heteroatoms. The molecule has 0 aromatic heterocycles. The summed E-state index contributed by atoms with van der Waals surface area (Å²) in [6.07, 6.45) is -5.51. The molecule has 0 spiro atoms. The number of halogens is 3. The predicted molar refractivity (Wildman–Crippen MR) is 24.4 cm³/mol. The van der Waals surface area contributed by atoms with Crippen molar-refractivity contribution in [3.05, 3.63) is 0 Å². The molecule has 56 valence electrons. The Labute approximate surface area is 54.4 Å². The van der Waals surface area contributed by atoms with E-state index in [1.54, 1.807) is 0 Å². The zero-order valence-electron chi connectivity index (χ0n) is 4.70.